The van der Waals surface area contributed by atoms with E-state index in [9.17, 15) is 5.11 Å². The molecule has 0 heterocycles. The Balaban J connectivity index is 1.87. The van der Waals surface area contributed by atoms with Gasteiger partial charge in [0.15, 0.2) is 0 Å². The van der Waals surface area contributed by atoms with Crippen molar-refractivity contribution in [2.24, 2.45) is 0 Å². The van der Waals surface area contributed by atoms with Gasteiger partial charge in [-0.1, -0.05) is 113 Å². The molecule has 1 nitrogen and oxygen atoms in total. The molecule has 0 aromatic rings. The molecular formula is C25H39O. The molecule has 1 aliphatic carbocycles. The first-order valence-electron chi connectivity index (χ1n) is 10.8. The van der Waals surface area contributed by atoms with Crippen LogP contribution in [0.2, 0.25) is 0 Å². The van der Waals surface area contributed by atoms with Gasteiger partial charge in [0.2, 0.25) is 0 Å². The van der Waals surface area contributed by atoms with Crippen LogP contribution in [0.15, 0.2) is 60.4 Å². The zero-order chi connectivity index (χ0) is 18.7. The Hall–Kier alpha value is -1.50. The standard InChI is InChI=1S/C25H39O/c1-2-3-4-5-6-7-8-9-10-11-12-13-14-15-16-17-18-19-20-21-25(26)24-22-23-24/h13-21,26H,2-12,22-23H2,1H3. The maximum Gasteiger partial charge on any atom is 0.0994 e. The predicted octanol–water partition coefficient (Wildman–Crippen LogP) is 8.33. The second-order valence-corrected chi connectivity index (χ2v) is 7.21. The lowest BCUT2D eigenvalue weighted by molar-refractivity contribution is 0.417. The van der Waals surface area contributed by atoms with Gasteiger partial charge in [0, 0.05) is 5.92 Å². The first kappa shape index (κ1) is 22.5. The summed E-state index contributed by atoms with van der Waals surface area (Å²) in [5.74, 6) is 1.62. The summed E-state index contributed by atoms with van der Waals surface area (Å²) in [4.78, 5) is 0. The van der Waals surface area contributed by atoms with E-state index < -0.39 is 0 Å². The van der Waals surface area contributed by atoms with Crippen LogP contribution in [0.3, 0.4) is 0 Å². The number of allylic oxidation sites excluding steroid dienone is 10. The van der Waals surface area contributed by atoms with Crippen molar-refractivity contribution in [3.05, 3.63) is 66.4 Å². The van der Waals surface area contributed by atoms with E-state index in [1.807, 2.05) is 30.4 Å². The lowest BCUT2D eigenvalue weighted by atomic mass is 10.1. The van der Waals surface area contributed by atoms with Crippen LogP contribution in [-0.4, -0.2) is 5.11 Å². The van der Waals surface area contributed by atoms with Gasteiger partial charge in [-0.05, 0) is 31.8 Å². The molecule has 1 rings (SSSR count). The highest BCUT2D eigenvalue weighted by Crippen LogP contribution is 2.37. The summed E-state index contributed by atoms with van der Waals surface area (Å²) in [6, 6.07) is 0. The Bertz CT molecular complexity index is 461. The van der Waals surface area contributed by atoms with Gasteiger partial charge in [-0.15, -0.1) is 0 Å². The Morgan fingerprint density at radius 1 is 0.692 bits per heavy atom. The van der Waals surface area contributed by atoms with E-state index >= 15 is 0 Å². The first-order valence-corrected chi connectivity index (χ1v) is 10.8. The molecule has 0 aromatic heterocycles. The van der Waals surface area contributed by atoms with E-state index in [4.69, 9.17) is 0 Å². The topological polar surface area (TPSA) is 20.2 Å². The van der Waals surface area contributed by atoms with Gasteiger partial charge in [-0.3, -0.25) is 0 Å². The maximum absolute atomic E-state index is 9.56. The summed E-state index contributed by atoms with van der Waals surface area (Å²) in [5.41, 5.74) is 0. The molecule has 0 unspecified atom stereocenters. The minimum absolute atomic E-state index is 0.445. The highest BCUT2D eigenvalue weighted by atomic mass is 16.3. The van der Waals surface area contributed by atoms with Gasteiger partial charge in [0.25, 0.3) is 0 Å². The molecule has 1 fully saturated rings. The second-order valence-electron chi connectivity index (χ2n) is 7.21. The monoisotopic (exact) mass is 355 g/mol. The molecule has 145 valence electrons. The fraction of sp³-hybridized carbons (Fsp3) is 0.560. The molecule has 1 saturated carbocycles. The van der Waals surface area contributed by atoms with E-state index in [1.165, 1.54) is 76.5 Å². The van der Waals surface area contributed by atoms with Crippen LogP contribution in [-0.2, 0) is 0 Å². The van der Waals surface area contributed by atoms with Crippen molar-refractivity contribution in [1.29, 1.82) is 0 Å². The number of aliphatic hydroxyl groups excluding tert-OH is 1. The molecule has 0 saturated heterocycles. The minimum Gasteiger partial charge on any atom is -0.512 e. The maximum atomic E-state index is 9.56. The quantitative estimate of drug-likeness (QED) is 0.167. The number of aliphatic hydroxyl groups is 1. The van der Waals surface area contributed by atoms with E-state index in [-0.39, 0.29) is 0 Å². The fourth-order valence-electron chi connectivity index (χ4n) is 2.83. The molecule has 0 amide bonds. The van der Waals surface area contributed by atoms with Crippen molar-refractivity contribution >= 4 is 0 Å². The van der Waals surface area contributed by atoms with Crippen LogP contribution in [0.4, 0.5) is 0 Å². The van der Waals surface area contributed by atoms with Crippen LogP contribution in [0, 0.1) is 5.92 Å². The normalized spacial score (nSPS) is 16.1. The summed E-state index contributed by atoms with van der Waals surface area (Å²) in [6.45, 7) is 2.28. The van der Waals surface area contributed by atoms with Gasteiger partial charge in [-0.25, -0.2) is 0 Å². The van der Waals surface area contributed by atoms with E-state index in [0.29, 0.717) is 5.76 Å². The smallest absolute Gasteiger partial charge is 0.0994 e. The summed E-state index contributed by atoms with van der Waals surface area (Å²) in [5, 5.41) is 9.56. The van der Waals surface area contributed by atoms with Crippen LogP contribution in [0.5, 0.6) is 0 Å². The molecule has 0 spiro atoms. The van der Waals surface area contributed by atoms with Gasteiger partial charge >= 0.3 is 0 Å². The largest absolute Gasteiger partial charge is 0.512 e. The third kappa shape index (κ3) is 14.8. The van der Waals surface area contributed by atoms with Crippen molar-refractivity contribution in [2.45, 2.75) is 90.4 Å². The molecule has 1 N–H and O–H groups in total. The molecule has 26 heavy (non-hydrogen) atoms. The number of unbranched alkanes of at least 4 members (excludes halogenated alkanes) is 10. The van der Waals surface area contributed by atoms with Crippen molar-refractivity contribution in [1.82, 2.24) is 0 Å². The summed E-state index contributed by atoms with van der Waals surface area (Å²) >= 11 is 0. The lowest BCUT2D eigenvalue weighted by Crippen LogP contribution is -1.81. The van der Waals surface area contributed by atoms with E-state index in [2.05, 4.69) is 25.2 Å². The first-order chi connectivity index (χ1) is 12.8. The average molecular weight is 356 g/mol. The van der Waals surface area contributed by atoms with Crippen LogP contribution < -0.4 is 0 Å². The zero-order valence-electron chi connectivity index (χ0n) is 16.8. The molecule has 0 bridgehead atoms. The molecular weight excluding hydrogens is 316 g/mol. The molecule has 1 radical (unpaired) electrons. The van der Waals surface area contributed by atoms with Gasteiger partial charge in [-0.2, -0.15) is 0 Å². The summed E-state index contributed by atoms with van der Waals surface area (Å²) in [6.07, 6.45) is 35.4. The number of hydrogen-bond donors (Lipinski definition) is 1. The zero-order valence-corrected chi connectivity index (χ0v) is 16.8. The van der Waals surface area contributed by atoms with Gasteiger partial charge in [0.1, 0.15) is 0 Å². The minimum atomic E-state index is 0.445. The number of rotatable bonds is 16. The van der Waals surface area contributed by atoms with Crippen LogP contribution >= 0.6 is 0 Å². The average Bonchev–Trinajstić information content (AvgIpc) is 3.48. The van der Waals surface area contributed by atoms with Crippen molar-refractivity contribution in [3.8, 4) is 0 Å². The van der Waals surface area contributed by atoms with Crippen molar-refractivity contribution in [2.75, 3.05) is 0 Å². The molecule has 1 aliphatic rings. The highest BCUT2D eigenvalue weighted by Gasteiger charge is 2.25. The summed E-state index contributed by atoms with van der Waals surface area (Å²) in [7, 11) is 0. The summed E-state index contributed by atoms with van der Waals surface area (Å²) < 4.78 is 0. The van der Waals surface area contributed by atoms with Gasteiger partial charge in [0.05, 0.1) is 5.76 Å². The van der Waals surface area contributed by atoms with E-state index in [0.717, 1.165) is 12.8 Å². The van der Waals surface area contributed by atoms with Gasteiger partial charge < -0.3 is 5.11 Å². The molecule has 0 atom stereocenters. The Morgan fingerprint density at radius 2 is 1.19 bits per heavy atom. The van der Waals surface area contributed by atoms with Crippen LogP contribution in [0.25, 0.3) is 0 Å². The third-order valence-electron chi connectivity index (χ3n) is 4.64. The number of hydrogen-bond acceptors (Lipinski definition) is 1. The Labute approximate surface area is 162 Å². The highest BCUT2D eigenvalue weighted by molar-refractivity contribution is 5.30. The molecule has 0 aromatic carbocycles. The predicted molar refractivity (Wildman–Crippen MR) is 116 cm³/mol. The SMILES string of the molecule is CCCCCCCCCCCCC=CC=CC=CC=CC=C(O)[C]1CC1. The fourth-order valence-corrected chi connectivity index (χ4v) is 2.83. The van der Waals surface area contributed by atoms with Crippen LogP contribution in [0.1, 0.15) is 90.4 Å². The van der Waals surface area contributed by atoms with E-state index in [1.54, 1.807) is 6.08 Å². The van der Waals surface area contributed by atoms with Crippen molar-refractivity contribution in [3.63, 3.8) is 0 Å². The Kier molecular flexibility index (Phi) is 14.7. The third-order valence-corrected chi connectivity index (χ3v) is 4.64. The second kappa shape index (κ2) is 16.9. The molecule has 1 heteroatoms. The Morgan fingerprint density at radius 3 is 1.77 bits per heavy atom. The lowest BCUT2D eigenvalue weighted by Gasteiger charge is -2.01. The van der Waals surface area contributed by atoms with Crippen molar-refractivity contribution < 1.29 is 5.11 Å². The molecule has 0 aliphatic heterocycles.